The minimum absolute atomic E-state index is 0.0201. The van der Waals surface area contributed by atoms with Gasteiger partial charge in [-0.2, -0.15) is 0 Å². The van der Waals surface area contributed by atoms with E-state index in [1.54, 1.807) is 0 Å². The fourth-order valence-corrected chi connectivity index (χ4v) is 2.22. The second-order valence-corrected chi connectivity index (χ2v) is 5.33. The highest BCUT2D eigenvalue weighted by atomic mass is 19.1. The van der Waals surface area contributed by atoms with Crippen molar-refractivity contribution in [2.75, 3.05) is 5.32 Å². The van der Waals surface area contributed by atoms with Crippen LogP contribution in [0, 0.1) is 5.82 Å². The van der Waals surface area contributed by atoms with Gasteiger partial charge in [0.15, 0.2) is 0 Å². The monoisotopic (exact) mass is 308 g/mol. The fourth-order valence-electron chi connectivity index (χ4n) is 2.22. The van der Waals surface area contributed by atoms with Gasteiger partial charge in [0.1, 0.15) is 11.9 Å². The van der Waals surface area contributed by atoms with Crippen LogP contribution >= 0.6 is 0 Å². The van der Waals surface area contributed by atoms with E-state index in [1.165, 1.54) is 30.9 Å². The van der Waals surface area contributed by atoms with Crippen molar-refractivity contribution < 1.29 is 23.9 Å². The van der Waals surface area contributed by atoms with E-state index in [4.69, 9.17) is 5.11 Å². The second kappa shape index (κ2) is 6.13. The standard InChI is InChI=1S/C15H17FN2O4/c1-8(15(21)22)18(11-4-5-11)14(20)10-3-6-13(12(16)7-10)17-9(2)19/h3,6-8,11H,4-5H2,1-2H3,(H,17,19)(H,21,22). The molecular weight excluding hydrogens is 291 g/mol. The van der Waals surface area contributed by atoms with Crippen LogP contribution in [0.5, 0.6) is 0 Å². The molecule has 6 nitrogen and oxygen atoms in total. The summed E-state index contributed by atoms with van der Waals surface area (Å²) >= 11 is 0. The maximum Gasteiger partial charge on any atom is 0.326 e. The van der Waals surface area contributed by atoms with Gasteiger partial charge in [-0.1, -0.05) is 0 Å². The first-order chi connectivity index (χ1) is 10.3. The number of carbonyl (C=O) groups excluding carboxylic acids is 2. The van der Waals surface area contributed by atoms with Crippen molar-refractivity contribution >= 4 is 23.5 Å². The van der Waals surface area contributed by atoms with Gasteiger partial charge in [-0.15, -0.1) is 0 Å². The van der Waals surface area contributed by atoms with E-state index < -0.39 is 29.6 Å². The zero-order valence-corrected chi connectivity index (χ0v) is 12.3. The normalized spacial score (nSPS) is 15.0. The summed E-state index contributed by atoms with van der Waals surface area (Å²) in [7, 11) is 0. The zero-order valence-electron chi connectivity index (χ0n) is 12.3. The van der Waals surface area contributed by atoms with Gasteiger partial charge in [-0.3, -0.25) is 9.59 Å². The molecule has 118 valence electrons. The van der Waals surface area contributed by atoms with Crippen LogP contribution in [0.1, 0.15) is 37.0 Å². The maximum atomic E-state index is 13.9. The van der Waals surface area contributed by atoms with E-state index in [0.717, 1.165) is 18.9 Å². The zero-order chi connectivity index (χ0) is 16.4. The van der Waals surface area contributed by atoms with Crippen LogP contribution in [-0.4, -0.2) is 39.9 Å². The smallest absolute Gasteiger partial charge is 0.326 e. The lowest BCUT2D eigenvalue weighted by Crippen LogP contribution is -2.44. The number of carboxylic acid groups (broad SMARTS) is 1. The Labute approximate surface area is 126 Å². The Morgan fingerprint density at radius 2 is 2.00 bits per heavy atom. The van der Waals surface area contributed by atoms with Crippen LogP contribution < -0.4 is 5.32 Å². The number of hydrogen-bond acceptors (Lipinski definition) is 3. The molecule has 1 saturated carbocycles. The third-order valence-electron chi connectivity index (χ3n) is 3.48. The van der Waals surface area contributed by atoms with Gasteiger partial charge in [0.25, 0.3) is 5.91 Å². The maximum absolute atomic E-state index is 13.9. The topological polar surface area (TPSA) is 86.7 Å². The summed E-state index contributed by atoms with van der Waals surface area (Å²) in [5, 5.41) is 11.4. The van der Waals surface area contributed by atoms with E-state index >= 15 is 0 Å². The summed E-state index contributed by atoms with van der Waals surface area (Å²) in [6, 6.07) is 2.59. The largest absolute Gasteiger partial charge is 0.480 e. The number of carbonyl (C=O) groups is 3. The summed E-state index contributed by atoms with van der Waals surface area (Å²) in [5.41, 5.74) is 0.0416. The van der Waals surface area contributed by atoms with Gasteiger partial charge in [-0.05, 0) is 38.0 Å². The molecule has 2 N–H and O–H groups in total. The van der Waals surface area contributed by atoms with Crippen molar-refractivity contribution in [1.29, 1.82) is 0 Å². The summed E-state index contributed by atoms with van der Waals surface area (Å²) in [5.74, 6) is -2.78. The van der Waals surface area contributed by atoms with Crippen LogP contribution in [0.3, 0.4) is 0 Å². The molecule has 1 aliphatic carbocycles. The van der Waals surface area contributed by atoms with Gasteiger partial charge in [0.2, 0.25) is 5.91 Å². The molecule has 1 aromatic rings. The first-order valence-electron chi connectivity index (χ1n) is 6.94. The Morgan fingerprint density at radius 1 is 1.36 bits per heavy atom. The van der Waals surface area contributed by atoms with Crippen molar-refractivity contribution in [3.63, 3.8) is 0 Å². The predicted octanol–water partition coefficient (Wildman–Crippen LogP) is 1.86. The summed E-state index contributed by atoms with van der Waals surface area (Å²) in [6.45, 7) is 2.68. The van der Waals surface area contributed by atoms with Crippen LogP contribution in [0.2, 0.25) is 0 Å². The lowest BCUT2D eigenvalue weighted by atomic mass is 10.1. The molecule has 0 aliphatic heterocycles. The Hall–Kier alpha value is -2.44. The van der Waals surface area contributed by atoms with E-state index in [9.17, 15) is 18.8 Å². The minimum atomic E-state index is -1.10. The number of halogens is 1. The van der Waals surface area contributed by atoms with Crippen molar-refractivity contribution in [1.82, 2.24) is 4.90 Å². The summed E-state index contributed by atoms with van der Waals surface area (Å²) in [4.78, 5) is 35.8. The highest BCUT2D eigenvalue weighted by molar-refractivity contribution is 5.98. The molecule has 1 aromatic carbocycles. The number of hydrogen-bond donors (Lipinski definition) is 2. The highest BCUT2D eigenvalue weighted by Gasteiger charge is 2.38. The predicted molar refractivity (Wildman–Crippen MR) is 77.0 cm³/mol. The SMILES string of the molecule is CC(=O)Nc1ccc(C(=O)N(C2CC2)C(C)C(=O)O)cc1F. The van der Waals surface area contributed by atoms with Gasteiger partial charge in [-0.25, -0.2) is 9.18 Å². The van der Waals surface area contributed by atoms with Gasteiger partial charge in [0.05, 0.1) is 5.69 Å². The van der Waals surface area contributed by atoms with E-state index in [0.29, 0.717) is 0 Å². The first kappa shape index (κ1) is 15.9. The molecule has 1 unspecified atom stereocenters. The molecular formula is C15H17FN2O4. The van der Waals surface area contributed by atoms with Crippen LogP contribution in [0.25, 0.3) is 0 Å². The van der Waals surface area contributed by atoms with Crippen molar-refractivity contribution in [3.05, 3.63) is 29.6 Å². The quantitative estimate of drug-likeness (QED) is 0.869. The molecule has 1 atom stereocenters. The number of nitrogens with zero attached hydrogens (tertiary/aromatic N) is 1. The van der Waals surface area contributed by atoms with Crippen molar-refractivity contribution in [3.8, 4) is 0 Å². The van der Waals surface area contributed by atoms with Crippen LogP contribution in [0.4, 0.5) is 10.1 Å². The number of rotatable bonds is 5. The molecule has 22 heavy (non-hydrogen) atoms. The Kier molecular flexibility index (Phi) is 4.44. The molecule has 1 aliphatic rings. The number of benzene rings is 1. The van der Waals surface area contributed by atoms with Gasteiger partial charge >= 0.3 is 5.97 Å². The molecule has 0 aromatic heterocycles. The molecule has 7 heteroatoms. The van der Waals surface area contributed by atoms with Crippen LogP contribution in [-0.2, 0) is 9.59 Å². The van der Waals surface area contributed by atoms with E-state index in [-0.39, 0.29) is 17.3 Å². The van der Waals surface area contributed by atoms with Gasteiger partial charge < -0.3 is 15.3 Å². The average molecular weight is 308 g/mol. The van der Waals surface area contributed by atoms with E-state index in [1.807, 2.05) is 0 Å². The summed E-state index contributed by atoms with van der Waals surface area (Å²) < 4.78 is 13.9. The Balaban J connectivity index is 2.25. The minimum Gasteiger partial charge on any atom is -0.480 e. The van der Waals surface area contributed by atoms with Gasteiger partial charge in [0, 0.05) is 18.5 Å². The second-order valence-electron chi connectivity index (χ2n) is 5.33. The molecule has 1 fully saturated rings. The summed E-state index contributed by atoms with van der Waals surface area (Å²) in [6.07, 6.45) is 1.49. The number of aliphatic carboxylic acids is 1. The number of carboxylic acids is 1. The van der Waals surface area contributed by atoms with E-state index in [2.05, 4.69) is 5.32 Å². The van der Waals surface area contributed by atoms with Crippen LogP contribution in [0.15, 0.2) is 18.2 Å². The lowest BCUT2D eigenvalue weighted by molar-refractivity contribution is -0.141. The number of anilines is 1. The Bertz CT molecular complexity index is 628. The third kappa shape index (κ3) is 3.41. The molecule has 0 saturated heterocycles. The highest BCUT2D eigenvalue weighted by Crippen LogP contribution is 2.30. The van der Waals surface area contributed by atoms with Crippen molar-refractivity contribution in [2.24, 2.45) is 0 Å². The molecule has 0 spiro atoms. The molecule has 2 amide bonds. The first-order valence-corrected chi connectivity index (χ1v) is 6.94. The fraction of sp³-hybridized carbons (Fsp3) is 0.400. The third-order valence-corrected chi connectivity index (χ3v) is 3.48. The molecule has 0 heterocycles. The Morgan fingerprint density at radius 3 is 2.45 bits per heavy atom. The average Bonchev–Trinajstić information content (AvgIpc) is 3.25. The van der Waals surface area contributed by atoms with Crippen molar-refractivity contribution in [2.45, 2.75) is 38.8 Å². The molecule has 0 bridgehead atoms. The molecule has 0 radical (unpaired) electrons. The number of nitrogens with one attached hydrogen (secondary N) is 1. The lowest BCUT2D eigenvalue weighted by Gasteiger charge is -2.26. The molecule has 2 rings (SSSR count). The number of amides is 2.